The van der Waals surface area contributed by atoms with E-state index in [-0.39, 0.29) is 18.0 Å². The van der Waals surface area contributed by atoms with Crippen molar-refractivity contribution in [3.8, 4) is 11.1 Å². The van der Waals surface area contributed by atoms with Crippen LogP contribution in [0.3, 0.4) is 0 Å². The van der Waals surface area contributed by atoms with Crippen molar-refractivity contribution in [3.63, 3.8) is 0 Å². The van der Waals surface area contributed by atoms with E-state index in [0.717, 1.165) is 53.7 Å². The minimum absolute atomic E-state index is 0.0413. The lowest BCUT2D eigenvalue weighted by Crippen LogP contribution is -2.49. The van der Waals surface area contributed by atoms with Crippen molar-refractivity contribution in [2.45, 2.75) is 56.7 Å². The average molecular weight is 453 g/mol. The number of carbonyl (C=O) groups excluding carboxylic acids is 2. The van der Waals surface area contributed by atoms with Gasteiger partial charge in [0.15, 0.2) is 0 Å². The molecule has 4 N–H and O–H groups in total. The molecule has 0 unspecified atom stereocenters. The molecule has 1 saturated heterocycles. The SMILES string of the molecule is NC(=O)[C@H]1CCC(=O)N1C1CCC(Nc2cc(-c3c[nH]c4ncccc34)cc(Cl)n2)CC1. The lowest BCUT2D eigenvalue weighted by Gasteiger charge is -2.37. The number of aromatic nitrogens is 3. The summed E-state index contributed by atoms with van der Waals surface area (Å²) in [5.41, 5.74) is 8.33. The third-order valence-corrected chi connectivity index (χ3v) is 6.78. The van der Waals surface area contributed by atoms with Crippen LogP contribution >= 0.6 is 11.6 Å². The smallest absolute Gasteiger partial charge is 0.240 e. The number of amides is 2. The number of nitrogens with two attached hydrogens (primary N) is 1. The molecule has 3 aromatic rings. The van der Waals surface area contributed by atoms with Crippen LogP contribution in [-0.2, 0) is 9.59 Å². The van der Waals surface area contributed by atoms with Crippen LogP contribution in [0.15, 0.2) is 36.7 Å². The normalized spacial score (nSPS) is 23.6. The van der Waals surface area contributed by atoms with Crippen LogP contribution < -0.4 is 11.1 Å². The lowest BCUT2D eigenvalue weighted by atomic mass is 9.89. The maximum atomic E-state index is 12.3. The van der Waals surface area contributed by atoms with E-state index in [4.69, 9.17) is 17.3 Å². The molecule has 5 rings (SSSR count). The number of halogens is 1. The van der Waals surface area contributed by atoms with Crippen LogP contribution in [-0.4, -0.2) is 49.8 Å². The highest BCUT2D eigenvalue weighted by Gasteiger charge is 2.40. The minimum atomic E-state index is -0.458. The van der Waals surface area contributed by atoms with E-state index in [9.17, 15) is 9.59 Å². The molecule has 0 bridgehead atoms. The Kier molecular flexibility index (Phi) is 5.46. The number of nitrogens with one attached hydrogen (secondary N) is 2. The Hall–Kier alpha value is -3.13. The van der Waals surface area contributed by atoms with Gasteiger partial charge in [0.25, 0.3) is 0 Å². The highest BCUT2D eigenvalue weighted by atomic mass is 35.5. The summed E-state index contributed by atoms with van der Waals surface area (Å²) < 4.78 is 0. The molecule has 166 valence electrons. The fourth-order valence-electron chi connectivity index (χ4n) is 5.07. The molecule has 0 radical (unpaired) electrons. The zero-order valence-electron chi connectivity index (χ0n) is 17.6. The molecular formula is C23H25ClN6O2. The molecule has 32 heavy (non-hydrogen) atoms. The fourth-order valence-corrected chi connectivity index (χ4v) is 5.28. The van der Waals surface area contributed by atoms with Crippen molar-refractivity contribution in [1.82, 2.24) is 19.9 Å². The number of fused-ring (bicyclic) bond motifs is 1. The van der Waals surface area contributed by atoms with E-state index in [1.807, 2.05) is 30.5 Å². The van der Waals surface area contributed by atoms with Crippen LogP contribution in [0.5, 0.6) is 0 Å². The zero-order valence-corrected chi connectivity index (χ0v) is 18.3. The molecule has 4 heterocycles. The van der Waals surface area contributed by atoms with Gasteiger partial charge in [0.1, 0.15) is 22.7 Å². The number of rotatable bonds is 5. The van der Waals surface area contributed by atoms with E-state index in [0.29, 0.717) is 18.0 Å². The Morgan fingerprint density at radius 2 is 2.03 bits per heavy atom. The first kappa shape index (κ1) is 20.8. The molecule has 2 amide bonds. The Labute approximate surface area is 190 Å². The first-order chi connectivity index (χ1) is 15.5. The summed E-state index contributed by atoms with van der Waals surface area (Å²) in [6.07, 6.45) is 8.03. The third kappa shape index (κ3) is 3.90. The van der Waals surface area contributed by atoms with Crippen LogP contribution in [0.4, 0.5) is 5.82 Å². The molecule has 1 atom stereocenters. The molecule has 1 aliphatic carbocycles. The standard InChI is InChI=1S/C23H25ClN6O2/c24-19-10-13(17-12-27-23-16(17)2-1-9-26-23)11-20(29-19)28-14-3-5-15(6-4-14)30-18(22(25)32)7-8-21(30)31/h1-2,9-12,14-15,18H,3-8H2,(H2,25,32)(H,26,27)(H,28,29)/t14?,15?,18-/m1/s1. The van der Waals surface area contributed by atoms with Gasteiger partial charge in [-0.15, -0.1) is 0 Å². The number of carbonyl (C=O) groups is 2. The van der Waals surface area contributed by atoms with Gasteiger partial charge in [0.2, 0.25) is 11.8 Å². The number of likely N-dealkylation sites (tertiary alicyclic amines) is 1. The predicted molar refractivity (Wildman–Crippen MR) is 123 cm³/mol. The van der Waals surface area contributed by atoms with Gasteiger partial charge in [-0.25, -0.2) is 9.97 Å². The molecule has 1 saturated carbocycles. The summed E-state index contributed by atoms with van der Waals surface area (Å²) >= 11 is 6.34. The molecule has 2 aliphatic rings. The van der Waals surface area contributed by atoms with Gasteiger partial charge in [-0.1, -0.05) is 11.6 Å². The van der Waals surface area contributed by atoms with Crippen molar-refractivity contribution in [3.05, 3.63) is 41.8 Å². The summed E-state index contributed by atoms with van der Waals surface area (Å²) in [5.74, 6) is 0.361. The van der Waals surface area contributed by atoms with Gasteiger partial charge in [0, 0.05) is 41.8 Å². The molecular weight excluding hydrogens is 428 g/mol. The Morgan fingerprint density at radius 1 is 1.22 bits per heavy atom. The van der Waals surface area contributed by atoms with E-state index in [1.165, 1.54) is 0 Å². The second-order valence-electron chi connectivity index (χ2n) is 8.57. The lowest BCUT2D eigenvalue weighted by molar-refractivity contribution is -0.137. The Balaban J connectivity index is 1.29. The van der Waals surface area contributed by atoms with E-state index in [2.05, 4.69) is 20.3 Å². The van der Waals surface area contributed by atoms with E-state index >= 15 is 0 Å². The number of pyridine rings is 2. The van der Waals surface area contributed by atoms with Crippen molar-refractivity contribution >= 4 is 40.3 Å². The number of aromatic amines is 1. The topological polar surface area (TPSA) is 117 Å². The highest BCUT2D eigenvalue weighted by Crippen LogP contribution is 2.33. The molecule has 0 aromatic carbocycles. The second-order valence-corrected chi connectivity index (χ2v) is 8.96. The molecule has 8 nitrogen and oxygen atoms in total. The van der Waals surface area contributed by atoms with Crippen LogP contribution in [0.1, 0.15) is 38.5 Å². The first-order valence-corrected chi connectivity index (χ1v) is 11.3. The number of nitrogens with zero attached hydrogens (tertiary/aromatic N) is 3. The van der Waals surface area contributed by atoms with Gasteiger partial charge in [-0.3, -0.25) is 9.59 Å². The summed E-state index contributed by atoms with van der Waals surface area (Å²) in [4.78, 5) is 37.8. The maximum absolute atomic E-state index is 12.3. The van der Waals surface area contributed by atoms with Crippen molar-refractivity contribution in [1.29, 1.82) is 0 Å². The Bertz CT molecular complexity index is 1170. The van der Waals surface area contributed by atoms with E-state index in [1.54, 1.807) is 11.1 Å². The number of H-pyrrole nitrogens is 1. The van der Waals surface area contributed by atoms with Crippen LogP contribution in [0.25, 0.3) is 22.2 Å². The van der Waals surface area contributed by atoms with Crippen LogP contribution in [0, 0.1) is 0 Å². The van der Waals surface area contributed by atoms with Gasteiger partial charge in [-0.2, -0.15) is 0 Å². The van der Waals surface area contributed by atoms with Gasteiger partial charge >= 0.3 is 0 Å². The number of hydrogen-bond acceptors (Lipinski definition) is 5. The molecule has 0 spiro atoms. The molecule has 2 fully saturated rings. The average Bonchev–Trinajstić information content (AvgIpc) is 3.38. The van der Waals surface area contributed by atoms with Crippen LogP contribution in [0.2, 0.25) is 5.15 Å². The van der Waals surface area contributed by atoms with Gasteiger partial charge in [-0.05, 0) is 61.9 Å². The third-order valence-electron chi connectivity index (χ3n) is 6.58. The zero-order chi connectivity index (χ0) is 22.2. The monoisotopic (exact) mass is 452 g/mol. The Morgan fingerprint density at radius 3 is 2.81 bits per heavy atom. The summed E-state index contributed by atoms with van der Waals surface area (Å²) in [6.45, 7) is 0. The molecule has 3 aromatic heterocycles. The van der Waals surface area contributed by atoms with Crippen molar-refractivity contribution < 1.29 is 9.59 Å². The second kappa shape index (κ2) is 8.43. The maximum Gasteiger partial charge on any atom is 0.240 e. The number of hydrogen-bond donors (Lipinski definition) is 3. The van der Waals surface area contributed by atoms with Crippen molar-refractivity contribution in [2.24, 2.45) is 5.73 Å². The van der Waals surface area contributed by atoms with Gasteiger partial charge < -0.3 is 20.9 Å². The van der Waals surface area contributed by atoms with Crippen molar-refractivity contribution in [2.75, 3.05) is 5.32 Å². The summed E-state index contributed by atoms with van der Waals surface area (Å²) in [7, 11) is 0. The number of anilines is 1. The molecule has 9 heteroatoms. The summed E-state index contributed by atoms with van der Waals surface area (Å²) in [6, 6.07) is 7.62. The minimum Gasteiger partial charge on any atom is -0.368 e. The largest absolute Gasteiger partial charge is 0.368 e. The summed E-state index contributed by atoms with van der Waals surface area (Å²) in [5, 5.41) is 4.96. The van der Waals surface area contributed by atoms with Gasteiger partial charge in [0.05, 0.1) is 0 Å². The van der Waals surface area contributed by atoms with E-state index < -0.39 is 11.9 Å². The highest BCUT2D eigenvalue weighted by molar-refractivity contribution is 6.29. The predicted octanol–water partition coefficient (Wildman–Crippen LogP) is 3.48. The fraction of sp³-hybridized carbons (Fsp3) is 0.391. The number of primary amides is 1. The molecule has 1 aliphatic heterocycles. The quantitative estimate of drug-likeness (QED) is 0.512. The first-order valence-electron chi connectivity index (χ1n) is 11.0.